The third kappa shape index (κ3) is 1.87. The summed E-state index contributed by atoms with van der Waals surface area (Å²) in [5.41, 5.74) is 9.02. The van der Waals surface area contributed by atoms with E-state index < -0.39 is 0 Å². The lowest BCUT2D eigenvalue weighted by Gasteiger charge is -2.38. The highest BCUT2D eigenvalue weighted by Crippen LogP contribution is 2.38. The third-order valence-corrected chi connectivity index (χ3v) is 3.28. The standard InChI is InChI=1S/C13H20N2O/c1-3-6-15-12-5-4-10(14)8-11(12)9(2)7-13(15)16/h4-5,8-9,13,16H,3,6-7,14H2,1-2H3. The summed E-state index contributed by atoms with van der Waals surface area (Å²) >= 11 is 0. The molecule has 3 N–H and O–H groups in total. The molecule has 0 aliphatic carbocycles. The van der Waals surface area contributed by atoms with Gasteiger partial charge in [0.1, 0.15) is 6.23 Å². The van der Waals surface area contributed by atoms with Crippen LogP contribution >= 0.6 is 0 Å². The fourth-order valence-corrected chi connectivity index (χ4v) is 2.47. The Morgan fingerprint density at radius 1 is 1.50 bits per heavy atom. The maximum absolute atomic E-state index is 10.1. The van der Waals surface area contributed by atoms with Crippen molar-refractivity contribution in [1.29, 1.82) is 0 Å². The average Bonchev–Trinajstić information content (AvgIpc) is 2.24. The van der Waals surface area contributed by atoms with Gasteiger partial charge in [0, 0.05) is 17.9 Å². The lowest BCUT2D eigenvalue weighted by molar-refractivity contribution is 0.144. The average molecular weight is 220 g/mol. The Morgan fingerprint density at radius 2 is 2.25 bits per heavy atom. The molecule has 2 atom stereocenters. The van der Waals surface area contributed by atoms with Crippen molar-refractivity contribution in [3.8, 4) is 0 Å². The van der Waals surface area contributed by atoms with Crippen molar-refractivity contribution < 1.29 is 5.11 Å². The van der Waals surface area contributed by atoms with Crippen LogP contribution in [0.1, 0.15) is 38.2 Å². The largest absolute Gasteiger partial charge is 0.399 e. The third-order valence-electron chi connectivity index (χ3n) is 3.28. The van der Waals surface area contributed by atoms with Crippen LogP contribution in [0, 0.1) is 0 Å². The fraction of sp³-hybridized carbons (Fsp3) is 0.538. The van der Waals surface area contributed by atoms with Crippen LogP contribution in [0.4, 0.5) is 11.4 Å². The molecule has 0 fully saturated rings. The van der Waals surface area contributed by atoms with Crippen LogP contribution in [-0.2, 0) is 0 Å². The van der Waals surface area contributed by atoms with Crippen LogP contribution in [0.15, 0.2) is 18.2 Å². The molecule has 1 aromatic carbocycles. The Labute approximate surface area is 96.9 Å². The van der Waals surface area contributed by atoms with Crippen molar-refractivity contribution in [2.24, 2.45) is 0 Å². The number of fused-ring (bicyclic) bond motifs is 1. The summed E-state index contributed by atoms with van der Waals surface area (Å²) in [5, 5.41) is 10.1. The first-order chi connectivity index (χ1) is 7.63. The van der Waals surface area contributed by atoms with E-state index in [0.717, 1.165) is 30.8 Å². The van der Waals surface area contributed by atoms with Gasteiger partial charge in [-0.25, -0.2) is 0 Å². The number of rotatable bonds is 2. The maximum Gasteiger partial charge on any atom is 0.127 e. The van der Waals surface area contributed by atoms with Crippen molar-refractivity contribution in [1.82, 2.24) is 0 Å². The van der Waals surface area contributed by atoms with E-state index in [-0.39, 0.29) is 6.23 Å². The van der Waals surface area contributed by atoms with E-state index in [1.54, 1.807) is 0 Å². The number of anilines is 2. The van der Waals surface area contributed by atoms with Crippen molar-refractivity contribution in [2.75, 3.05) is 17.2 Å². The zero-order chi connectivity index (χ0) is 11.7. The molecule has 0 bridgehead atoms. The molecule has 16 heavy (non-hydrogen) atoms. The predicted molar refractivity (Wildman–Crippen MR) is 67.5 cm³/mol. The SMILES string of the molecule is CCCN1c2ccc(N)cc2C(C)CC1O. The Balaban J connectivity index is 2.42. The molecule has 3 heteroatoms. The van der Waals surface area contributed by atoms with Gasteiger partial charge in [0.15, 0.2) is 0 Å². The second-order valence-electron chi connectivity index (χ2n) is 4.63. The van der Waals surface area contributed by atoms with Crippen molar-refractivity contribution >= 4 is 11.4 Å². The molecule has 0 radical (unpaired) electrons. The van der Waals surface area contributed by atoms with Gasteiger partial charge in [0.25, 0.3) is 0 Å². The van der Waals surface area contributed by atoms with Crippen LogP contribution in [0.3, 0.4) is 0 Å². The van der Waals surface area contributed by atoms with E-state index in [1.807, 2.05) is 18.2 Å². The summed E-state index contributed by atoms with van der Waals surface area (Å²) in [4.78, 5) is 2.08. The minimum atomic E-state index is -0.355. The van der Waals surface area contributed by atoms with E-state index in [0.29, 0.717) is 5.92 Å². The summed E-state index contributed by atoms with van der Waals surface area (Å²) in [7, 11) is 0. The summed E-state index contributed by atoms with van der Waals surface area (Å²) in [6.45, 7) is 5.16. The topological polar surface area (TPSA) is 49.5 Å². The number of aliphatic hydroxyl groups is 1. The normalized spacial score (nSPS) is 24.3. The quantitative estimate of drug-likeness (QED) is 0.752. The molecule has 1 aliphatic rings. The Morgan fingerprint density at radius 3 is 2.94 bits per heavy atom. The second kappa shape index (κ2) is 4.34. The molecule has 0 aromatic heterocycles. The van der Waals surface area contributed by atoms with E-state index in [4.69, 9.17) is 5.73 Å². The molecule has 2 unspecified atom stereocenters. The number of nitrogens with zero attached hydrogens (tertiary/aromatic N) is 1. The van der Waals surface area contributed by atoms with Gasteiger partial charge in [0.05, 0.1) is 0 Å². The van der Waals surface area contributed by atoms with Gasteiger partial charge < -0.3 is 15.7 Å². The van der Waals surface area contributed by atoms with Gasteiger partial charge >= 0.3 is 0 Å². The molecule has 88 valence electrons. The highest BCUT2D eigenvalue weighted by molar-refractivity contribution is 5.62. The molecule has 0 saturated carbocycles. The predicted octanol–water partition coefficient (Wildman–Crippen LogP) is 2.31. The Kier molecular flexibility index (Phi) is 3.06. The van der Waals surface area contributed by atoms with Crippen molar-refractivity contribution in [2.45, 2.75) is 38.8 Å². The maximum atomic E-state index is 10.1. The van der Waals surface area contributed by atoms with E-state index in [2.05, 4.69) is 18.7 Å². The molecule has 3 nitrogen and oxygen atoms in total. The number of hydrogen-bond acceptors (Lipinski definition) is 3. The minimum Gasteiger partial charge on any atom is -0.399 e. The summed E-state index contributed by atoms with van der Waals surface area (Å²) in [6.07, 6.45) is 1.47. The molecule has 2 rings (SSSR count). The van der Waals surface area contributed by atoms with Crippen LogP contribution in [0.25, 0.3) is 0 Å². The second-order valence-corrected chi connectivity index (χ2v) is 4.63. The molecule has 1 aromatic rings. The highest BCUT2D eigenvalue weighted by atomic mass is 16.3. The van der Waals surface area contributed by atoms with Crippen LogP contribution in [0.5, 0.6) is 0 Å². The van der Waals surface area contributed by atoms with Crippen molar-refractivity contribution in [3.05, 3.63) is 23.8 Å². The number of hydrogen-bond donors (Lipinski definition) is 2. The smallest absolute Gasteiger partial charge is 0.127 e. The monoisotopic (exact) mass is 220 g/mol. The fourth-order valence-electron chi connectivity index (χ4n) is 2.47. The molecular formula is C13H20N2O. The number of benzene rings is 1. The van der Waals surface area contributed by atoms with Crippen LogP contribution in [0.2, 0.25) is 0 Å². The van der Waals surface area contributed by atoms with Gasteiger partial charge in [-0.1, -0.05) is 13.8 Å². The first kappa shape index (κ1) is 11.3. The molecule has 1 heterocycles. The summed E-state index contributed by atoms with van der Waals surface area (Å²) in [6, 6.07) is 5.97. The first-order valence-corrected chi connectivity index (χ1v) is 5.97. The summed E-state index contributed by atoms with van der Waals surface area (Å²) < 4.78 is 0. The summed E-state index contributed by atoms with van der Waals surface area (Å²) in [5.74, 6) is 0.376. The number of aliphatic hydroxyl groups excluding tert-OH is 1. The van der Waals surface area contributed by atoms with Gasteiger partial charge in [0.2, 0.25) is 0 Å². The van der Waals surface area contributed by atoms with E-state index >= 15 is 0 Å². The van der Waals surface area contributed by atoms with E-state index in [1.165, 1.54) is 5.56 Å². The van der Waals surface area contributed by atoms with Gasteiger partial charge in [-0.2, -0.15) is 0 Å². The Hall–Kier alpha value is -1.22. The molecule has 0 amide bonds. The molecule has 1 aliphatic heterocycles. The van der Waals surface area contributed by atoms with Crippen LogP contribution < -0.4 is 10.6 Å². The zero-order valence-electron chi connectivity index (χ0n) is 9.98. The highest BCUT2D eigenvalue weighted by Gasteiger charge is 2.28. The van der Waals surface area contributed by atoms with Gasteiger partial charge in [-0.3, -0.25) is 0 Å². The van der Waals surface area contributed by atoms with Crippen LogP contribution in [-0.4, -0.2) is 17.9 Å². The zero-order valence-corrected chi connectivity index (χ0v) is 9.98. The Bertz CT molecular complexity index is 378. The minimum absolute atomic E-state index is 0.355. The lowest BCUT2D eigenvalue weighted by Crippen LogP contribution is -2.40. The van der Waals surface area contributed by atoms with E-state index in [9.17, 15) is 5.11 Å². The van der Waals surface area contributed by atoms with Gasteiger partial charge in [-0.05, 0) is 42.5 Å². The first-order valence-electron chi connectivity index (χ1n) is 5.97. The molecule has 0 spiro atoms. The van der Waals surface area contributed by atoms with Crippen molar-refractivity contribution in [3.63, 3.8) is 0 Å². The number of nitrogens with two attached hydrogens (primary N) is 1. The molecule has 0 saturated heterocycles. The van der Waals surface area contributed by atoms with Gasteiger partial charge in [-0.15, -0.1) is 0 Å². The lowest BCUT2D eigenvalue weighted by atomic mass is 9.90. The number of nitrogen functional groups attached to an aromatic ring is 1. The molecular weight excluding hydrogens is 200 g/mol.